The number of carbonyl (C=O) groups excluding carboxylic acids is 2. The van der Waals surface area contributed by atoms with Crippen molar-refractivity contribution in [3.05, 3.63) is 32.9 Å². The van der Waals surface area contributed by atoms with E-state index in [1.807, 2.05) is 0 Å². The molecular weight excluding hydrogens is 405 g/mol. The fourth-order valence-electron chi connectivity index (χ4n) is 1.74. The Bertz CT molecular complexity index is 783. The van der Waals surface area contributed by atoms with Crippen LogP contribution >= 0.6 is 46.3 Å². The van der Waals surface area contributed by atoms with Gasteiger partial charge in [0.05, 0.1) is 40.2 Å². The van der Waals surface area contributed by atoms with Gasteiger partial charge in [0.25, 0.3) is 0 Å². The van der Waals surface area contributed by atoms with Gasteiger partial charge in [-0.25, -0.2) is 9.97 Å². The lowest BCUT2D eigenvalue weighted by Crippen LogP contribution is -2.15. The topological polar surface area (TPSA) is 81.2 Å². The number of carbonyl (C=O) groups is 2. The number of nitrogens with zero attached hydrogens (tertiary/aromatic N) is 2. The number of nitrogens with one attached hydrogen (secondary N) is 1. The van der Waals surface area contributed by atoms with Crippen molar-refractivity contribution in [3.8, 4) is 0 Å². The molecule has 2 heterocycles. The highest BCUT2D eigenvalue weighted by atomic mass is 35.5. The van der Waals surface area contributed by atoms with E-state index < -0.39 is 0 Å². The first-order valence-corrected chi connectivity index (χ1v) is 9.86. The average molecular weight is 420 g/mol. The van der Waals surface area contributed by atoms with Crippen LogP contribution in [0.2, 0.25) is 10.0 Å². The normalized spacial score (nSPS) is 10.6. The smallest absolute Gasteiger partial charge is 0.311 e. The van der Waals surface area contributed by atoms with E-state index in [9.17, 15) is 9.59 Å². The summed E-state index contributed by atoms with van der Waals surface area (Å²) in [5, 5.41) is 5.14. The molecule has 0 bridgehead atoms. The summed E-state index contributed by atoms with van der Waals surface area (Å²) in [6.45, 7) is 3.82. The summed E-state index contributed by atoms with van der Waals surface area (Å²) in [7, 11) is 0. The highest BCUT2D eigenvalue weighted by Gasteiger charge is 2.13. The molecule has 0 radical (unpaired) electrons. The SMILES string of the molecule is CCOC(=O)Cc1csc(SCC(=O)Nc2nc(C)c(Cl)cc2Cl)n1. The molecule has 134 valence electrons. The molecule has 1 N–H and O–H groups in total. The molecule has 10 heteroatoms. The number of pyridine rings is 1. The Kier molecular flexibility index (Phi) is 7.49. The summed E-state index contributed by atoms with van der Waals surface area (Å²) < 4.78 is 5.57. The quantitative estimate of drug-likeness (QED) is 0.539. The molecule has 0 aliphatic carbocycles. The van der Waals surface area contributed by atoms with Crippen molar-refractivity contribution in [2.24, 2.45) is 0 Å². The van der Waals surface area contributed by atoms with Crippen LogP contribution in [0.4, 0.5) is 5.82 Å². The number of thioether (sulfide) groups is 1. The Labute approximate surface area is 163 Å². The fraction of sp³-hybridized carbons (Fsp3) is 0.333. The highest BCUT2D eigenvalue weighted by Crippen LogP contribution is 2.27. The number of rotatable bonds is 7. The van der Waals surface area contributed by atoms with Gasteiger partial charge in [-0.1, -0.05) is 35.0 Å². The summed E-state index contributed by atoms with van der Waals surface area (Å²) in [4.78, 5) is 31.9. The molecule has 0 unspecified atom stereocenters. The minimum atomic E-state index is -0.319. The van der Waals surface area contributed by atoms with Crippen LogP contribution in [0.1, 0.15) is 18.3 Å². The number of halogens is 2. The van der Waals surface area contributed by atoms with E-state index in [2.05, 4.69) is 15.3 Å². The van der Waals surface area contributed by atoms with Gasteiger partial charge in [0.2, 0.25) is 5.91 Å². The summed E-state index contributed by atoms with van der Waals surface area (Å²) in [6, 6.07) is 1.54. The Hall–Kier alpha value is -1.35. The van der Waals surface area contributed by atoms with Gasteiger partial charge in [0, 0.05) is 5.38 Å². The summed E-state index contributed by atoms with van der Waals surface area (Å²) >= 11 is 14.6. The minimum absolute atomic E-state index is 0.126. The van der Waals surface area contributed by atoms with Gasteiger partial charge in [0.1, 0.15) is 0 Å². The van der Waals surface area contributed by atoms with Crippen LogP contribution in [0, 0.1) is 6.92 Å². The molecule has 0 aliphatic heterocycles. The summed E-state index contributed by atoms with van der Waals surface area (Å²) in [5.74, 6) is -0.160. The Morgan fingerprint density at radius 3 is 2.80 bits per heavy atom. The number of aromatic nitrogens is 2. The first kappa shape index (κ1) is 20.0. The number of esters is 1. The number of anilines is 1. The van der Waals surface area contributed by atoms with Gasteiger partial charge < -0.3 is 10.1 Å². The van der Waals surface area contributed by atoms with E-state index in [1.165, 1.54) is 29.2 Å². The monoisotopic (exact) mass is 419 g/mol. The number of hydrogen-bond donors (Lipinski definition) is 1. The van der Waals surface area contributed by atoms with Crippen LogP contribution in [-0.2, 0) is 20.7 Å². The Morgan fingerprint density at radius 1 is 1.32 bits per heavy atom. The number of amides is 1. The lowest BCUT2D eigenvalue weighted by atomic mass is 10.3. The van der Waals surface area contributed by atoms with Crippen molar-refractivity contribution in [3.63, 3.8) is 0 Å². The van der Waals surface area contributed by atoms with Crippen LogP contribution in [0.15, 0.2) is 15.8 Å². The number of ether oxygens (including phenoxy) is 1. The van der Waals surface area contributed by atoms with Crippen LogP contribution in [-0.4, -0.2) is 34.2 Å². The molecule has 0 saturated carbocycles. The molecule has 2 aromatic rings. The second-order valence-electron chi connectivity index (χ2n) is 4.81. The molecule has 0 aliphatic rings. The zero-order chi connectivity index (χ0) is 18.4. The first-order valence-electron chi connectivity index (χ1n) is 7.24. The zero-order valence-electron chi connectivity index (χ0n) is 13.5. The number of thiazole rings is 1. The maximum absolute atomic E-state index is 12.0. The summed E-state index contributed by atoms with van der Waals surface area (Å²) in [6.07, 6.45) is 0.126. The van der Waals surface area contributed by atoms with Crippen molar-refractivity contribution < 1.29 is 14.3 Å². The minimum Gasteiger partial charge on any atom is -0.466 e. The molecule has 6 nitrogen and oxygen atoms in total. The van der Waals surface area contributed by atoms with E-state index in [-0.39, 0.29) is 34.9 Å². The van der Waals surface area contributed by atoms with Crippen molar-refractivity contribution in [1.29, 1.82) is 0 Å². The average Bonchev–Trinajstić information content (AvgIpc) is 2.98. The molecule has 1 amide bonds. The van der Waals surface area contributed by atoms with E-state index in [0.29, 0.717) is 27.4 Å². The van der Waals surface area contributed by atoms with Gasteiger partial charge in [-0.2, -0.15) is 0 Å². The first-order chi connectivity index (χ1) is 11.9. The molecule has 0 atom stereocenters. The van der Waals surface area contributed by atoms with Gasteiger partial charge in [0.15, 0.2) is 10.2 Å². The largest absolute Gasteiger partial charge is 0.466 e. The van der Waals surface area contributed by atoms with Crippen LogP contribution in [0.3, 0.4) is 0 Å². The lowest BCUT2D eigenvalue weighted by Gasteiger charge is -2.07. The zero-order valence-corrected chi connectivity index (χ0v) is 16.6. The fourth-order valence-corrected chi connectivity index (χ4v) is 3.79. The third-order valence-electron chi connectivity index (χ3n) is 2.85. The third kappa shape index (κ3) is 6.14. The molecule has 0 spiro atoms. The standard InChI is InChI=1S/C15H15Cl2N3O3S2/c1-3-23-13(22)4-9-6-24-15(19-9)25-7-12(21)20-14-11(17)5-10(16)8(2)18-14/h5-6H,3-4,7H2,1-2H3,(H,18,20,21). The van der Waals surface area contributed by atoms with Crippen LogP contribution in [0.25, 0.3) is 0 Å². The second kappa shape index (κ2) is 9.38. The van der Waals surface area contributed by atoms with Crippen molar-refractivity contribution in [2.45, 2.75) is 24.6 Å². The number of aryl methyl sites for hydroxylation is 1. The number of hydrogen-bond acceptors (Lipinski definition) is 7. The van der Waals surface area contributed by atoms with Crippen LogP contribution < -0.4 is 5.32 Å². The molecule has 0 saturated heterocycles. The third-order valence-corrected chi connectivity index (χ3v) is 5.59. The Morgan fingerprint density at radius 2 is 2.08 bits per heavy atom. The summed E-state index contributed by atoms with van der Waals surface area (Å²) in [5.41, 5.74) is 1.21. The van der Waals surface area contributed by atoms with Crippen molar-refractivity contribution >= 4 is 64.0 Å². The molecule has 0 fully saturated rings. The molecule has 0 aromatic carbocycles. The lowest BCUT2D eigenvalue weighted by molar-refractivity contribution is -0.142. The van der Waals surface area contributed by atoms with Gasteiger partial charge in [-0.3, -0.25) is 9.59 Å². The molecule has 2 rings (SSSR count). The molecular formula is C15H15Cl2N3O3S2. The maximum atomic E-state index is 12.0. The van der Waals surface area contributed by atoms with Crippen LogP contribution in [0.5, 0.6) is 0 Å². The maximum Gasteiger partial charge on any atom is 0.311 e. The second-order valence-corrected chi connectivity index (χ2v) is 7.70. The Balaban J connectivity index is 1.87. The predicted octanol–water partition coefficient (Wildman–Crippen LogP) is 3.99. The molecule has 25 heavy (non-hydrogen) atoms. The highest BCUT2D eigenvalue weighted by molar-refractivity contribution is 8.01. The predicted molar refractivity (Wildman–Crippen MR) is 101 cm³/mol. The molecule has 2 aromatic heterocycles. The van der Waals surface area contributed by atoms with Crippen molar-refractivity contribution in [2.75, 3.05) is 17.7 Å². The van der Waals surface area contributed by atoms with Gasteiger partial charge in [-0.15, -0.1) is 11.3 Å². The van der Waals surface area contributed by atoms with E-state index in [1.54, 1.807) is 19.2 Å². The van der Waals surface area contributed by atoms with Gasteiger partial charge in [-0.05, 0) is 19.9 Å². The van der Waals surface area contributed by atoms with E-state index in [0.717, 1.165) is 0 Å². The van der Waals surface area contributed by atoms with E-state index in [4.69, 9.17) is 27.9 Å². The van der Waals surface area contributed by atoms with Crippen molar-refractivity contribution in [1.82, 2.24) is 9.97 Å². The van der Waals surface area contributed by atoms with E-state index >= 15 is 0 Å². The van der Waals surface area contributed by atoms with Gasteiger partial charge >= 0.3 is 5.97 Å².